The number of pyridine rings is 1. The number of phenols is 1. The summed E-state index contributed by atoms with van der Waals surface area (Å²) in [5.74, 6) is -7.22. The van der Waals surface area contributed by atoms with Crippen molar-refractivity contribution in [3.05, 3.63) is 58.5 Å². The molecule has 6 N–H and O–H groups in total. The van der Waals surface area contributed by atoms with E-state index < -0.39 is 52.7 Å². The van der Waals surface area contributed by atoms with Gasteiger partial charge in [0.15, 0.2) is 17.2 Å². The maximum absolute atomic E-state index is 13.6. The fourth-order valence-electron chi connectivity index (χ4n) is 5.92. The number of benzene rings is 1. The maximum atomic E-state index is 13.6. The Balaban J connectivity index is 1.69. The smallest absolute Gasteiger partial charge is 0.230 e. The lowest BCUT2D eigenvalue weighted by Gasteiger charge is -2.48. The van der Waals surface area contributed by atoms with E-state index in [1.165, 1.54) is 6.07 Å². The number of aliphatic hydroxyl groups excluding tert-OH is 2. The normalized spacial score (nSPS) is 30.4. The molecule has 0 radical (unpaired) electrons. The minimum atomic E-state index is -2.51. The molecule has 34 heavy (non-hydrogen) atoms. The number of allylic oxidation sites excluding steroid dienone is 1. The summed E-state index contributed by atoms with van der Waals surface area (Å²) in [5.41, 5.74) is 5.35. The Morgan fingerprint density at radius 3 is 2.59 bits per heavy atom. The summed E-state index contributed by atoms with van der Waals surface area (Å²) >= 11 is 0. The summed E-state index contributed by atoms with van der Waals surface area (Å²) in [6.45, 7) is 1.88. The number of hydrogen-bond acceptors (Lipinski definition) is 8. The molecule has 3 aliphatic carbocycles. The van der Waals surface area contributed by atoms with Crippen molar-refractivity contribution >= 4 is 17.5 Å². The molecule has 1 aromatic heterocycles. The van der Waals surface area contributed by atoms with E-state index in [0.29, 0.717) is 16.8 Å². The number of Topliss-reactive ketones (excluding diaryl/α,β-unsaturated/α-hetero) is 2. The molecular weight excluding hydrogens is 440 g/mol. The first-order valence-corrected chi connectivity index (χ1v) is 11.1. The quantitative estimate of drug-likeness (QED) is 0.411. The van der Waals surface area contributed by atoms with Crippen LogP contribution in [-0.2, 0) is 16.0 Å². The number of primary amides is 1. The molecule has 5 atom stereocenters. The Bertz CT molecular complexity index is 1300. The van der Waals surface area contributed by atoms with Crippen LogP contribution < -0.4 is 5.73 Å². The van der Waals surface area contributed by atoms with Crippen LogP contribution in [0.5, 0.6) is 5.75 Å². The van der Waals surface area contributed by atoms with E-state index in [0.717, 1.165) is 5.56 Å². The third kappa shape index (κ3) is 2.87. The Kier molecular flexibility index (Phi) is 4.89. The van der Waals surface area contributed by atoms with Gasteiger partial charge in [0.2, 0.25) is 5.91 Å². The molecule has 0 bridgehead atoms. The first kappa shape index (κ1) is 22.2. The highest BCUT2D eigenvalue weighted by atomic mass is 16.3. The van der Waals surface area contributed by atoms with Crippen molar-refractivity contribution < 1.29 is 34.8 Å². The van der Waals surface area contributed by atoms with E-state index in [1.54, 1.807) is 18.3 Å². The number of carbonyl (C=O) groups excluding carboxylic acids is 3. The number of aliphatic hydroxyl groups is 3. The maximum Gasteiger partial charge on any atom is 0.230 e. The molecule has 2 unspecified atom stereocenters. The number of aryl methyl sites for hydroxylation is 1. The van der Waals surface area contributed by atoms with Gasteiger partial charge in [0, 0.05) is 23.3 Å². The monoisotopic (exact) mass is 464 g/mol. The highest BCUT2D eigenvalue weighted by molar-refractivity contribution is 6.16. The first-order chi connectivity index (χ1) is 16.1. The van der Waals surface area contributed by atoms with Gasteiger partial charge < -0.3 is 26.2 Å². The van der Waals surface area contributed by atoms with Crippen LogP contribution in [0.3, 0.4) is 0 Å². The number of carbonyl (C=O) groups is 3. The second-order valence-electron chi connectivity index (χ2n) is 9.39. The standard InChI is InChI=1S/C25H24N2O7/c1-10-3-2-6-27-20(10)13-4-5-15(28)18-14(13)8-11-7-12-9-16(29)19(24(26)33)23(32)25(12,34)22(31)17(11)21(18)30/h2-6,11-12,16,19,28-29,31,34H,7-9H2,1H3,(H2,26,33)/t11-,12+,16?,19?,25+/m1/s1. The summed E-state index contributed by atoms with van der Waals surface area (Å²) in [6.07, 6.45) is 0.458. The summed E-state index contributed by atoms with van der Waals surface area (Å²) in [4.78, 5) is 42.8. The number of aromatic nitrogens is 1. The molecule has 2 aromatic rings. The van der Waals surface area contributed by atoms with Crippen LogP contribution in [0.1, 0.15) is 34.3 Å². The van der Waals surface area contributed by atoms with Crippen LogP contribution in [0.25, 0.3) is 11.3 Å². The highest BCUT2D eigenvalue weighted by Gasteiger charge is 2.62. The molecule has 0 saturated heterocycles. The van der Waals surface area contributed by atoms with E-state index in [4.69, 9.17) is 5.73 Å². The molecule has 5 rings (SSSR count). The largest absolute Gasteiger partial charge is 0.508 e. The lowest BCUT2D eigenvalue weighted by molar-refractivity contribution is -0.167. The van der Waals surface area contributed by atoms with Gasteiger partial charge in [-0.2, -0.15) is 0 Å². The van der Waals surface area contributed by atoms with Crippen LogP contribution in [0.4, 0.5) is 0 Å². The van der Waals surface area contributed by atoms with Crippen LogP contribution in [-0.4, -0.2) is 54.6 Å². The van der Waals surface area contributed by atoms with Crippen LogP contribution >= 0.6 is 0 Å². The number of ketones is 2. The Morgan fingerprint density at radius 2 is 1.91 bits per heavy atom. The second-order valence-corrected chi connectivity index (χ2v) is 9.39. The van der Waals surface area contributed by atoms with E-state index in [1.807, 2.05) is 13.0 Å². The Morgan fingerprint density at radius 1 is 1.18 bits per heavy atom. The van der Waals surface area contributed by atoms with Crippen molar-refractivity contribution in [2.45, 2.75) is 37.9 Å². The molecule has 1 fully saturated rings. The highest BCUT2D eigenvalue weighted by Crippen LogP contribution is 2.52. The van der Waals surface area contributed by atoms with Crippen molar-refractivity contribution in [3.8, 4) is 17.0 Å². The molecule has 1 saturated carbocycles. The number of amides is 1. The molecule has 9 heteroatoms. The van der Waals surface area contributed by atoms with Gasteiger partial charge >= 0.3 is 0 Å². The minimum absolute atomic E-state index is 0.0165. The zero-order chi connectivity index (χ0) is 24.5. The van der Waals surface area contributed by atoms with Crippen molar-refractivity contribution in [2.75, 3.05) is 0 Å². The van der Waals surface area contributed by atoms with Crippen molar-refractivity contribution in [2.24, 2.45) is 23.5 Å². The summed E-state index contributed by atoms with van der Waals surface area (Å²) < 4.78 is 0. The zero-order valence-electron chi connectivity index (χ0n) is 18.4. The third-order valence-electron chi connectivity index (χ3n) is 7.54. The number of aromatic hydroxyl groups is 1. The average molecular weight is 464 g/mol. The third-order valence-corrected chi connectivity index (χ3v) is 7.54. The molecule has 0 aliphatic heterocycles. The molecule has 3 aliphatic rings. The minimum Gasteiger partial charge on any atom is -0.508 e. The molecule has 1 heterocycles. The number of phenolic OH excluding ortho intramolecular Hbond substituents is 1. The van der Waals surface area contributed by atoms with E-state index in [2.05, 4.69) is 4.98 Å². The first-order valence-electron chi connectivity index (χ1n) is 11.1. The van der Waals surface area contributed by atoms with E-state index in [9.17, 15) is 34.8 Å². The molecular formula is C25H24N2O7. The summed E-state index contributed by atoms with van der Waals surface area (Å²) in [7, 11) is 0. The molecule has 1 amide bonds. The van der Waals surface area contributed by atoms with E-state index >= 15 is 0 Å². The predicted octanol–water partition coefficient (Wildman–Crippen LogP) is 1.12. The van der Waals surface area contributed by atoms with Gasteiger partial charge in [-0.25, -0.2) is 0 Å². The van der Waals surface area contributed by atoms with Gasteiger partial charge in [0.05, 0.1) is 17.4 Å². The predicted molar refractivity (Wildman–Crippen MR) is 119 cm³/mol. The zero-order valence-corrected chi connectivity index (χ0v) is 18.4. The molecule has 9 nitrogen and oxygen atoms in total. The molecule has 0 spiro atoms. The van der Waals surface area contributed by atoms with Gasteiger partial charge in [-0.15, -0.1) is 0 Å². The number of hydrogen-bond donors (Lipinski definition) is 5. The number of fused-ring (bicyclic) bond motifs is 3. The lowest BCUT2D eigenvalue weighted by atomic mass is 9.57. The fraction of sp³-hybridized carbons (Fsp3) is 0.360. The average Bonchev–Trinajstić information content (AvgIpc) is 2.77. The molecule has 1 aromatic carbocycles. The fourth-order valence-corrected chi connectivity index (χ4v) is 5.92. The SMILES string of the molecule is Cc1cccnc1-c1ccc(O)c2c1C[C@H]1C[C@H]3CC(O)C(C(N)=O)C(=O)[C@@]3(O)C(O)=C1C2=O. The van der Waals surface area contributed by atoms with Gasteiger partial charge in [-0.3, -0.25) is 19.4 Å². The number of rotatable bonds is 2. The van der Waals surface area contributed by atoms with Gasteiger partial charge in [-0.1, -0.05) is 6.07 Å². The summed E-state index contributed by atoms with van der Waals surface area (Å²) in [6, 6.07) is 6.75. The van der Waals surface area contributed by atoms with Crippen LogP contribution in [0.2, 0.25) is 0 Å². The second kappa shape index (κ2) is 7.48. The van der Waals surface area contributed by atoms with E-state index in [-0.39, 0.29) is 36.1 Å². The van der Waals surface area contributed by atoms with Crippen LogP contribution in [0.15, 0.2) is 41.8 Å². The lowest BCUT2D eigenvalue weighted by Crippen LogP contribution is -2.63. The number of nitrogens with zero attached hydrogens (tertiary/aromatic N) is 1. The van der Waals surface area contributed by atoms with Crippen LogP contribution in [0, 0.1) is 24.7 Å². The Hall–Kier alpha value is -3.56. The van der Waals surface area contributed by atoms with Crippen molar-refractivity contribution in [1.29, 1.82) is 0 Å². The van der Waals surface area contributed by atoms with Gasteiger partial charge in [0.1, 0.15) is 17.4 Å². The molecule has 176 valence electrons. The Labute approximate surface area is 194 Å². The number of nitrogens with two attached hydrogens (primary N) is 1. The summed E-state index contributed by atoms with van der Waals surface area (Å²) in [5, 5.41) is 43.3. The van der Waals surface area contributed by atoms with Crippen molar-refractivity contribution in [3.63, 3.8) is 0 Å². The topological polar surface area (TPSA) is 171 Å². The van der Waals surface area contributed by atoms with Crippen molar-refractivity contribution in [1.82, 2.24) is 4.98 Å². The van der Waals surface area contributed by atoms with Gasteiger partial charge in [0.25, 0.3) is 0 Å². The van der Waals surface area contributed by atoms with Gasteiger partial charge in [-0.05, 0) is 61.4 Å².